The Bertz CT molecular complexity index is 1650. The number of thioether (sulfide) groups is 1. The zero-order valence-corrected chi connectivity index (χ0v) is 30.5. The monoisotopic (exact) mass is 711 g/mol. The van der Waals surface area contributed by atoms with Gasteiger partial charge in [-0.25, -0.2) is 0 Å². The molecule has 1 heterocycles. The molecule has 0 radical (unpaired) electrons. The molecular formula is C40H49N5O3S2. The van der Waals surface area contributed by atoms with Gasteiger partial charge in [0.1, 0.15) is 5.75 Å². The standard InChI is InChI=1S/C40H49N5O3S2/c1-2-48-34-11-8-10-31(27-34)37-14-7-6-9-32(37)29-44-22-24-45(25-23-44)33-17-15-30(16-18-33)40(46)43-50-36-19-20-38(39(28-36)42-47)41-21-26-49-35-12-4-3-5-13-35/h3-5,8,10-13,15-20,27-28,32,37,41-42,47H,2,6-7,9,14,21-26,29H2,1H3,(H,43,46). The summed E-state index contributed by atoms with van der Waals surface area (Å²) in [6.07, 6.45) is 5.19. The van der Waals surface area contributed by atoms with Crippen molar-refractivity contribution in [2.45, 2.75) is 48.3 Å². The van der Waals surface area contributed by atoms with Crippen LogP contribution >= 0.6 is 23.7 Å². The van der Waals surface area contributed by atoms with E-state index in [2.05, 4.69) is 73.8 Å². The minimum atomic E-state index is -0.154. The first-order valence-corrected chi connectivity index (χ1v) is 19.6. The van der Waals surface area contributed by atoms with Crippen LogP contribution in [-0.2, 0) is 0 Å². The van der Waals surface area contributed by atoms with Gasteiger partial charge in [0.25, 0.3) is 5.91 Å². The molecule has 2 atom stereocenters. The zero-order valence-electron chi connectivity index (χ0n) is 28.9. The molecule has 1 aliphatic carbocycles. The third-order valence-corrected chi connectivity index (χ3v) is 11.5. The second-order valence-electron chi connectivity index (χ2n) is 12.9. The molecule has 1 saturated heterocycles. The first kappa shape index (κ1) is 36.0. The number of anilines is 3. The molecule has 4 aromatic carbocycles. The van der Waals surface area contributed by atoms with Crippen LogP contribution in [0.1, 0.15) is 54.4 Å². The fourth-order valence-electron chi connectivity index (χ4n) is 7.08. The summed E-state index contributed by atoms with van der Waals surface area (Å²) in [5, 5.41) is 13.1. The van der Waals surface area contributed by atoms with E-state index in [0.717, 1.165) is 67.0 Å². The van der Waals surface area contributed by atoms with E-state index < -0.39 is 0 Å². The Morgan fingerprint density at radius 1 is 0.860 bits per heavy atom. The summed E-state index contributed by atoms with van der Waals surface area (Å²) >= 11 is 3.01. The Balaban J connectivity index is 0.946. The van der Waals surface area contributed by atoms with Gasteiger partial charge in [-0.1, -0.05) is 43.2 Å². The number of nitrogens with zero attached hydrogens (tertiary/aromatic N) is 2. The molecule has 0 spiro atoms. The van der Waals surface area contributed by atoms with Crippen LogP contribution in [0.25, 0.3) is 0 Å². The van der Waals surface area contributed by atoms with E-state index >= 15 is 0 Å². The van der Waals surface area contributed by atoms with Gasteiger partial charge in [0, 0.05) is 66.1 Å². The number of piperazine rings is 1. The van der Waals surface area contributed by atoms with Crippen molar-refractivity contribution in [3.8, 4) is 5.75 Å². The van der Waals surface area contributed by atoms with Gasteiger partial charge in [0.05, 0.1) is 18.0 Å². The van der Waals surface area contributed by atoms with Crippen LogP contribution in [0.2, 0.25) is 0 Å². The summed E-state index contributed by atoms with van der Waals surface area (Å²) in [6, 6.07) is 32.6. The number of rotatable bonds is 15. The number of nitrogens with one attached hydrogen (secondary N) is 3. The highest BCUT2D eigenvalue weighted by atomic mass is 32.2. The van der Waals surface area contributed by atoms with Crippen LogP contribution in [0.15, 0.2) is 107 Å². The van der Waals surface area contributed by atoms with Gasteiger partial charge < -0.3 is 15.0 Å². The number of hydrogen-bond donors (Lipinski definition) is 4. The number of carbonyl (C=O) groups is 1. The summed E-state index contributed by atoms with van der Waals surface area (Å²) in [7, 11) is 0. The van der Waals surface area contributed by atoms with E-state index in [-0.39, 0.29) is 5.91 Å². The Labute approximate surface area is 305 Å². The first-order valence-electron chi connectivity index (χ1n) is 17.8. The molecule has 2 fully saturated rings. The molecular weight excluding hydrogens is 663 g/mol. The van der Waals surface area contributed by atoms with Crippen molar-refractivity contribution < 1.29 is 14.7 Å². The first-order chi connectivity index (χ1) is 24.6. The Morgan fingerprint density at radius 3 is 2.44 bits per heavy atom. The lowest BCUT2D eigenvalue weighted by atomic mass is 9.75. The maximum absolute atomic E-state index is 13.0. The van der Waals surface area contributed by atoms with Crippen molar-refractivity contribution >= 4 is 46.7 Å². The second-order valence-corrected chi connectivity index (χ2v) is 15.0. The van der Waals surface area contributed by atoms with E-state index in [9.17, 15) is 10.0 Å². The van der Waals surface area contributed by atoms with Gasteiger partial charge in [-0.05, 0) is 116 Å². The summed E-state index contributed by atoms with van der Waals surface area (Å²) in [5.74, 6) is 3.01. The molecule has 264 valence electrons. The Kier molecular flexibility index (Phi) is 13.3. The molecule has 6 rings (SSSR count). The fourth-order valence-corrected chi connectivity index (χ4v) is 8.51. The van der Waals surface area contributed by atoms with Gasteiger partial charge in [-0.15, -0.1) is 11.8 Å². The highest BCUT2D eigenvalue weighted by Crippen LogP contribution is 2.39. The highest BCUT2D eigenvalue weighted by molar-refractivity contribution is 7.99. The van der Waals surface area contributed by atoms with E-state index in [1.165, 1.54) is 48.1 Å². The lowest BCUT2D eigenvalue weighted by Crippen LogP contribution is -2.48. The maximum atomic E-state index is 13.0. The maximum Gasteiger partial charge on any atom is 0.261 e. The van der Waals surface area contributed by atoms with Crippen molar-refractivity contribution in [2.24, 2.45) is 5.92 Å². The van der Waals surface area contributed by atoms with Crippen LogP contribution in [0.4, 0.5) is 17.1 Å². The molecule has 1 saturated carbocycles. The third kappa shape index (κ3) is 9.90. The van der Waals surface area contributed by atoms with Crippen molar-refractivity contribution in [2.75, 3.05) is 67.3 Å². The van der Waals surface area contributed by atoms with E-state index in [1.807, 2.05) is 55.5 Å². The van der Waals surface area contributed by atoms with Crippen LogP contribution in [-0.4, -0.2) is 67.6 Å². The lowest BCUT2D eigenvalue weighted by molar-refractivity contribution is 0.0984. The smallest absolute Gasteiger partial charge is 0.261 e. The van der Waals surface area contributed by atoms with Crippen LogP contribution in [0.3, 0.4) is 0 Å². The van der Waals surface area contributed by atoms with Gasteiger partial charge in [0.2, 0.25) is 0 Å². The van der Waals surface area contributed by atoms with E-state index in [4.69, 9.17) is 4.74 Å². The SMILES string of the molecule is CCOc1cccc(C2CCCCC2CN2CCN(c3ccc(C(=O)NSc4ccc(NCCSc5ccccc5)c(NO)c4)cc3)CC2)c1. The molecule has 50 heavy (non-hydrogen) atoms. The number of hydrogen-bond acceptors (Lipinski definition) is 9. The summed E-state index contributed by atoms with van der Waals surface area (Å²) in [6.45, 7) is 8.70. The van der Waals surface area contributed by atoms with Gasteiger partial charge >= 0.3 is 0 Å². The van der Waals surface area contributed by atoms with Crippen molar-refractivity contribution in [3.63, 3.8) is 0 Å². The summed E-state index contributed by atoms with van der Waals surface area (Å²) in [5.41, 5.74) is 6.85. The molecule has 0 aromatic heterocycles. The Morgan fingerprint density at radius 2 is 1.66 bits per heavy atom. The predicted octanol–water partition coefficient (Wildman–Crippen LogP) is 8.62. The lowest BCUT2D eigenvalue weighted by Gasteiger charge is -2.40. The minimum Gasteiger partial charge on any atom is -0.494 e. The van der Waals surface area contributed by atoms with Crippen molar-refractivity contribution in [1.82, 2.24) is 9.62 Å². The molecule has 1 amide bonds. The summed E-state index contributed by atoms with van der Waals surface area (Å²) in [4.78, 5) is 20.1. The minimum absolute atomic E-state index is 0.154. The highest BCUT2D eigenvalue weighted by Gasteiger charge is 2.29. The van der Waals surface area contributed by atoms with Gasteiger partial charge in [-0.2, -0.15) is 0 Å². The van der Waals surface area contributed by atoms with Gasteiger partial charge in [-0.3, -0.25) is 25.1 Å². The zero-order chi connectivity index (χ0) is 34.5. The van der Waals surface area contributed by atoms with Crippen LogP contribution in [0.5, 0.6) is 5.75 Å². The topological polar surface area (TPSA) is 89.1 Å². The number of ether oxygens (including phenoxy) is 1. The largest absolute Gasteiger partial charge is 0.494 e. The molecule has 4 aromatic rings. The molecule has 1 aliphatic heterocycles. The predicted molar refractivity (Wildman–Crippen MR) is 208 cm³/mol. The quantitative estimate of drug-likeness (QED) is 0.0419. The second kappa shape index (κ2) is 18.4. The number of carbonyl (C=O) groups excluding carboxylic acids is 1. The Hall–Kier alpha value is -3.83. The number of benzene rings is 4. The molecule has 2 aliphatic rings. The third-order valence-electron chi connectivity index (χ3n) is 9.67. The molecule has 10 heteroatoms. The average Bonchev–Trinajstić information content (AvgIpc) is 3.17. The van der Waals surface area contributed by atoms with Gasteiger partial charge in [0.15, 0.2) is 0 Å². The van der Waals surface area contributed by atoms with E-state index in [0.29, 0.717) is 29.7 Å². The fraction of sp³-hybridized carbons (Fsp3) is 0.375. The van der Waals surface area contributed by atoms with Crippen LogP contribution in [0, 0.1) is 5.92 Å². The molecule has 4 N–H and O–H groups in total. The van der Waals surface area contributed by atoms with Crippen LogP contribution < -0.4 is 25.2 Å². The van der Waals surface area contributed by atoms with E-state index in [1.54, 1.807) is 11.8 Å². The normalized spacial score (nSPS) is 18.0. The molecule has 2 unspecified atom stereocenters. The number of amides is 1. The average molecular weight is 712 g/mol. The molecule has 8 nitrogen and oxygen atoms in total. The van der Waals surface area contributed by atoms with Crippen molar-refractivity contribution in [1.29, 1.82) is 0 Å². The summed E-state index contributed by atoms with van der Waals surface area (Å²) < 4.78 is 8.75. The molecule has 0 bridgehead atoms. The van der Waals surface area contributed by atoms with Crippen molar-refractivity contribution in [3.05, 3.63) is 108 Å².